The number of carbonyl (C=O) groups is 3. The van der Waals surface area contributed by atoms with Gasteiger partial charge in [0, 0.05) is 17.3 Å². The highest BCUT2D eigenvalue weighted by molar-refractivity contribution is 6.30. The molecule has 0 aliphatic rings. The van der Waals surface area contributed by atoms with Gasteiger partial charge in [0.05, 0.1) is 7.05 Å². The Morgan fingerprint density at radius 3 is 2.27 bits per heavy atom. The average molecular weight is 328 g/mol. The van der Waals surface area contributed by atoms with Gasteiger partial charge in [0.15, 0.2) is 13.1 Å². The minimum absolute atomic E-state index is 0.0190. The molecule has 1 aromatic rings. The van der Waals surface area contributed by atoms with E-state index in [0.717, 1.165) is 0 Å². The molecule has 0 saturated heterocycles. The predicted octanol–water partition coefficient (Wildman–Crippen LogP) is -0.361. The van der Waals surface area contributed by atoms with Crippen LogP contribution in [0.3, 0.4) is 0 Å². The van der Waals surface area contributed by atoms with Gasteiger partial charge in [-0.25, -0.2) is 4.79 Å². The number of nitrogens with one attached hydrogen (secondary N) is 4. The van der Waals surface area contributed by atoms with Gasteiger partial charge < -0.3 is 15.5 Å². The first-order valence-corrected chi connectivity index (χ1v) is 7.23. The third-order valence-electron chi connectivity index (χ3n) is 2.64. The fourth-order valence-electron chi connectivity index (χ4n) is 1.72. The number of likely N-dealkylation sites (N-methyl/N-ethyl adjacent to an activating group) is 1. The smallest absolute Gasteiger partial charge is 0.321 e. The summed E-state index contributed by atoms with van der Waals surface area (Å²) in [7, 11) is 1.69. The second kappa shape index (κ2) is 9.01. The van der Waals surface area contributed by atoms with Crippen LogP contribution in [0.5, 0.6) is 0 Å². The maximum absolute atomic E-state index is 11.8. The maximum Gasteiger partial charge on any atom is 0.321 e. The van der Waals surface area contributed by atoms with Crippen molar-refractivity contribution in [1.82, 2.24) is 10.6 Å². The van der Waals surface area contributed by atoms with Gasteiger partial charge in [-0.15, -0.1) is 0 Å². The fourth-order valence-corrected chi connectivity index (χ4v) is 1.85. The van der Waals surface area contributed by atoms with E-state index in [1.807, 2.05) is 0 Å². The van der Waals surface area contributed by atoms with Crippen molar-refractivity contribution < 1.29 is 19.3 Å². The molecule has 0 aromatic heterocycles. The average Bonchev–Trinajstić information content (AvgIpc) is 2.40. The Hall–Kier alpha value is -2.12. The largest absolute Gasteiger partial charge is 0.338 e. The molecule has 120 valence electrons. The molecule has 0 aliphatic heterocycles. The number of quaternary nitrogens is 1. The van der Waals surface area contributed by atoms with E-state index in [0.29, 0.717) is 22.2 Å². The highest BCUT2D eigenvalue weighted by Crippen LogP contribution is 2.12. The lowest BCUT2D eigenvalue weighted by molar-refractivity contribution is -0.862. The van der Waals surface area contributed by atoms with E-state index in [4.69, 9.17) is 11.6 Å². The summed E-state index contributed by atoms with van der Waals surface area (Å²) < 4.78 is 0. The quantitative estimate of drug-likeness (QED) is 0.575. The molecule has 1 atom stereocenters. The molecule has 22 heavy (non-hydrogen) atoms. The Morgan fingerprint density at radius 2 is 1.68 bits per heavy atom. The molecule has 1 unspecified atom stereocenters. The van der Waals surface area contributed by atoms with Gasteiger partial charge in [-0.2, -0.15) is 0 Å². The number of imide groups is 1. The second-order valence-electron chi connectivity index (χ2n) is 4.77. The number of amides is 4. The van der Waals surface area contributed by atoms with E-state index in [1.54, 1.807) is 38.2 Å². The van der Waals surface area contributed by atoms with Gasteiger partial charge in [0.2, 0.25) is 0 Å². The highest BCUT2D eigenvalue weighted by Gasteiger charge is 2.15. The topological polar surface area (TPSA) is 91.7 Å². The van der Waals surface area contributed by atoms with Crippen molar-refractivity contribution in [3.8, 4) is 0 Å². The van der Waals surface area contributed by atoms with Crippen LogP contribution < -0.4 is 20.9 Å². The SMILES string of the molecule is CCNC(=O)NC(=O)C[NH+](C)CC(=O)Nc1ccc(Cl)cc1. The summed E-state index contributed by atoms with van der Waals surface area (Å²) in [6, 6.07) is 6.20. The van der Waals surface area contributed by atoms with E-state index in [-0.39, 0.29) is 19.0 Å². The molecular formula is C14H20ClN4O3+. The minimum atomic E-state index is -0.536. The highest BCUT2D eigenvalue weighted by atomic mass is 35.5. The van der Waals surface area contributed by atoms with Crippen molar-refractivity contribution in [2.75, 3.05) is 32.0 Å². The van der Waals surface area contributed by atoms with Gasteiger partial charge in [-0.05, 0) is 31.2 Å². The Balaban J connectivity index is 2.36. The van der Waals surface area contributed by atoms with Crippen molar-refractivity contribution in [2.24, 2.45) is 0 Å². The first-order chi connectivity index (χ1) is 10.4. The summed E-state index contributed by atoms with van der Waals surface area (Å²) in [5.41, 5.74) is 0.633. The number of halogens is 1. The lowest BCUT2D eigenvalue weighted by atomic mass is 10.3. The standard InChI is InChI=1S/C14H19ClN4O3/c1-3-16-14(22)18-13(21)9-19(2)8-12(20)17-11-6-4-10(15)5-7-11/h4-7H,3,8-9H2,1-2H3,(H,17,20)(H2,16,18,21,22)/p+1. The number of hydrogen-bond acceptors (Lipinski definition) is 3. The molecule has 0 saturated carbocycles. The molecule has 7 nitrogen and oxygen atoms in total. The molecule has 0 radical (unpaired) electrons. The third-order valence-corrected chi connectivity index (χ3v) is 2.89. The molecule has 4 N–H and O–H groups in total. The van der Waals surface area contributed by atoms with Crippen molar-refractivity contribution in [2.45, 2.75) is 6.92 Å². The lowest BCUT2D eigenvalue weighted by Crippen LogP contribution is -3.11. The van der Waals surface area contributed by atoms with Gasteiger partial charge in [-0.1, -0.05) is 11.6 Å². The van der Waals surface area contributed by atoms with Crippen LogP contribution in [0.15, 0.2) is 24.3 Å². The Kier molecular flexibility index (Phi) is 7.34. The number of urea groups is 1. The molecule has 8 heteroatoms. The molecular weight excluding hydrogens is 308 g/mol. The number of carbonyl (C=O) groups excluding carboxylic acids is 3. The second-order valence-corrected chi connectivity index (χ2v) is 5.21. The van der Waals surface area contributed by atoms with Crippen molar-refractivity contribution >= 4 is 35.1 Å². The van der Waals surface area contributed by atoms with Crippen molar-refractivity contribution in [3.05, 3.63) is 29.3 Å². The zero-order valence-corrected chi connectivity index (χ0v) is 13.3. The summed E-state index contributed by atoms with van der Waals surface area (Å²) in [6.07, 6.45) is 0. The lowest BCUT2D eigenvalue weighted by Gasteiger charge is -2.13. The molecule has 1 rings (SSSR count). The van der Waals surface area contributed by atoms with E-state index in [2.05, 4.69) is 16.0 Å². The maximum atomic E-state index is 11.8. The molecule has 0 bridgehead atoms. The molecule has 0 aliphatic carbocycles. The monoisotopic (exact) mass is 327 g/mol. The van der Waals surface area contributed by atoms with E-state index >= 15 is 0 Å². The third kappa shape index (κ3) is 7.05. The summed E-state index contributed by atoms with van der Waals surface area (Å²) in [4.78, 5) is 35.3. The fraction of sp³-hybridized carbons (Fsp3) is 0.357. The molecule has 0 fully saturated rings. The summed E-state index contributed by atoms with van der Waals surface area (Å²) in [5.74, 6) is -0.673. The summed E-state index contributed by atoms with van der Waals surface area (Å²) in [5, 5.41) is 7.93. The van der Waals surface area contributed by atoms with Gasteiger partial charge in [0.1, 0.15) is 0 Å². The van der Waals surface area contributed by atoms with E-state index in [1.165, 1.54) is 0 Å². The van der Waals surface area contributed by atoms with Crippen LogP contribution in [0.1, 0.15) is 6.92 Å². The van der Waals surface area contributed by atoms with Crippen LogP contribution >= 0.6 is 11.6 Å². The number of hydrogen-bond donors (Lipinski definition) is 4. The summed E-state index contributed by atoms with van der Waals surface area (Å²) in [6.45, 7) is 2.31. The van der Waals surface area contributed by atoms with Crippen LogP contribution in [0.4, 0.5) is 10.5 Å². The Morgan fingerprint density at radius 1 is 1.09 bits per heavy atom. The zero-order valence-electron chi connectivity index (χ0n) is 12.5. The normalized spacial score (nSPS) is 11.4. The van der Waals surface area contributed by atoms with Gasteiger partial charge in [0.25, 0.3) is 11.8 Å². The van der Waals surface area contributed by atoms with E-state index < -0.39 is 11.9 Å². The Bertz CT molecular complexity index is 533. The van der Waals surface area contributed by atoms with Crippen molar-refractivity contribution in [3.63, 3.8) is 0 Å². The summed E-state index contributed by atoms with van der Waals surface area (Å²) >= 11 is 5.76. The van der Waals surface area contributed by atoms with Gasteiger partial charge >= 0.3 is 6.03 Å². The number of benzene rings is 1. The van der Waals surface area contributed by atoms with Crippen molar-refractivity contribution in [1.29, 1.82) is 0 Å². The van der Waals surface area contributed by atoms with Crippen LogP contribution in [-0.2, 0) is 9.59 Å². The van der Waals surface area contributed by atoms with E-state index in [9.17, 15) is 14.4 Å². The predicted molar refractivity (Wildman–Crippen MR) is 83.9 cm³/mol. The molecule has 0 heterocycles. The molecule has 0 spiro atoms. The minimum Gasteiger partial charge on any atom is -0.338 e. The van der Waals surface area contributed by atoms with Gasteiger partial charge in [-0.3, -0.25) is 14.9 Å². The molecule has 4 amide bonds. The first-order valence-electron chi connectivity index (χ1n) is 6.85. The number of anilines is 1. The van der Waals surface area contributed by atoms with Crippen LogP contribution in [0.2, 0.25) is 5.02 Å². The Labute approximate surface area is 134 Å². The van der Waals surface area contributed by atoms with Crippen LogP contribution in [-0.4, -0.2) is 44.5 Å². The number of rotatable bonds is 6. The zero-order chi connectivity index (χ0) is 16.5. The first kappa shape index (κ1) is 17.9. The van der Waals surface area contributed by atoms with Crippen LogP contribution in [0, 0.1) is 0 Å². The van der Waals surface area contributed by atoms with Crippen LogP contribution in [0.25, 0.3) is 0 Å². The molecule has 1 aromatic carbocycles.